The fourth-order valence-corrected chi connectivity index (χ4v) is 1.64. The molecule has 0 nitrogen and oxygen atoms in total. The number of hydrogen-bond acceptors (Lipinski definition) is 0. The summed E-state index contributed by atoms with van der Waals surface area (Å²) < 4.78 is 0. The number of rotatable bonds is 2. The fourth-order valence-electron chi connectivity index (χ4n) is 1.47. The van der Waals surface area contributed by atoms with E-state index in [4.69, 9.17) is 11.6 Å². The lowest BCUT2D eigenvalue weighted by atomic mass is 9.86. The van der Waals surface area contributed by atoms with Gasteiger partial charge in [0.25, 0.3) is 0 Å². The van der Waals surface area contributed by atoms with Crippen molar-refractivity contribution in [3.05, 3.63) is 35.4 Å². The highest BCUT2D eigenvalue weighted by molar-refractivity contribution is 6.20. The van der Waals surface area contributed by atoms with Crippen LogP contribution in [0.4, 0.5) is 0 Å². The number of alkyl halides is 1. The lowest BCUT2D eigenvalue weighted by Crippen LogP contribution is -2.10. The molecule has 0 spiro atoms. The fraction of sp³-hybridized carbons (Fsp3) is 0.538. The van der Waals surface area contributed by atoms with E-state index >= 15 is 0 Å². The molecule has 0 aliphatic heterocycles. The minimum atomic E-state index is 0.218. The van der Waals surface area contributed by atoms with Crippen LogP contribution in [0, 0.1) is 0 Å². The maximum atomic E-state index is 5.94. The second kappa shape index (κ2) is 4.35. The van der Waals surface area contributed by atoms with Crippen LogP contribution in [0.2, 0.25) is 0 Å². The predicted octanol–water partition coefficient (Wildman–Crippen LogP) is 4.15. The Morgan fingerprint density at radius 2 is 1.64 bits per heavy atom. The van der Waals surface area contributed by atoms with Crippen molar-refractivity contribution in [2.24, 2.45) is 0 Å². The molecular weight excluding hydrogens is 192 g/mol. The van der Waals surface area contributed by atoms with Crippen LogP contribution in [0.3, 0.4) is 0 Å². The zero-order valence-electron chi connectivity index (χ0n) is 9.47. The van der Waals surface area contributed by atoms with Gasteiger partial charge in [0.2, 0.25) is 0 Å². The van der Waals surface area contributed by atoms with E-state index < -0.39 is 0 Å². The zero-order chi connectivity index (χ0) is 10.8. The molecule has 0 aliphatic rings. The summed E-state index contributed by atoms with van der Waals surface area (Å²) in [5.74, 6) is 0. The van der Waals surface area contributed by atoms with Crippen LogP contribution in [0.5, 0.6) is 0 Å². The molecule has 1 unspecified atom stereocenters. The van der Waals surface area contributed by atoms with Crippen LogP contribution >= 0.6 is 11.6 Å². The Bertz CT molecular complexity index is 277. The molecule has 0 aromatic heterocycles. The van der Waals surface area contributed by atoms with E-state index in [-0.39, 0.29) is 10.8 Å². The molecule has 0 heterocycles. The standard InChI is InChI=1S/C13H19Cl/c1-10(14)9-11-5-7-12(8-6-11)13(2,3)4/h5-8,10H,9H2,1-4H3. The second-order valence-corrected chi connectivity index (χ2v) is 5.68. The first-order chi connectivity index (χ1) is 6.39. The molecule has 14 heavy (non-hydrogen) atoms. The third-order valence-corrected chi connectivity index (χ3v) is 2.49. The van der Waals surface area contributed by atoms with Gasteiger partial charge in [0, 0.05) is 5.38 Å². The van der Waals surface area contributed by atoms with E-state index in [2.05, 4.69) is 45.0 Å². The molecule has 0 aliphatic carbocycles. The summed E-state index contributed by atoms with van der Waals surface area (Å²) in [5.41, 5.74) is 2.94. The molecule has 1 heteroatoms. The highest BCUT2D eigenvalue weighted by Crippen LogP contribution is 2.22. The first-order valence-electron chi connectivity index (χ1n) is 5.13. The summed E-state index contributed by atoms with van der Waals surface area (Å²) >= 11 is 5.94. The molecule has 0 N–H and O–H groups in total. The van der Waals surface area contributed by atoms with Crippen molar-refractivity contribution in [3.8, 4) is 0 Å². The lowest BCUT2D eigenvalue weighted by Gasteiger charge is -2.19. The molecule has 1 aromatic rings. The van der Waals surface area contributed by atoms with Crippen molar-refractivity contribution >= 4 is 11.6 Å². The number of hydrogen-bond donors (Lipinski definition) is 0. The van der Waals surface area contributed by atoms with E-state index in [0.717, 1.165) is 6.42 Å². The van der Waals surface area contributed by atoms with Crippen molar-refractivity contribution < 1.29 is 0 Å². The van der Waals surface area contributed by atoms with Crippen LogP contribution in [0.15, 0.2) is 24.3 Å². The second-order valence-electron chi connectivity index (χ2n) is 4.93. The van der Waals surface area contributed by atoms with E-state index in [1.807, 2.05) is 6.92 Å². The minimum Gasteiger partial charge on any atom is -0.123 e. The third kappa shape index (κ3) is 3.34. The Morgan fingerprint density at radius 1 is 1.14 bits per heavy atom. The normalized spacial score (nSPS) is 14.1. The van der Waals surface area contributed by atoms with Gasteiger partial charge in [-0.1, -0.05) is 45.0 Å². The van der Waals surface area contributed by atoms with Crippen LogP contribution in [-0.4, -0.2) is 5.38 Å². The Labute approximate surface area is 92.3 Å². The summed E-state index contributed by atoms with van der Waals surface area (Å²) in [6, 6.07) is 8.77. The van der Waals surface area contributed by atoms with Crippen molar-refractivity contribution in [2.75, 3.05) is 0 Å². The molecule has 0 saturated carbocycles. The van der Waals surface area contributed by atoms with Gasteiger partial charge in [-0.05, 0) is 29.9 Å². The van der Waals surface area contributed by atoms with Gasteiger partial charge in [-0.15, -0.1) is 11.6 Å². The maximum Gasteiger partial charge on any atom is 0.0348 e. The lowest BCUT2D eigenvalue weighted by molar-refractivity contribution is 0.590. The predicted molar refractivity (Wildman–Crippen MR) is 64.2 cm³/mol. The summed E-state index contributed by atoms with van der Waals surface area (Å²) in [4.78, 5) is 0. The van der Waals surface area contributed by atoms with Gasteiger partial charge in [-0.2, -0.15) is 0 Å². The van der Waals surface area contributed by atoms with Crippen LogP contribution in [0.1, 0.15) is 38.8 Å². The van der Waals surface area contributed by atoms with E-state index in [0.29, 0.717) is 0 Å². The van der Waals surface area contributed by atoms with E-state index in [1.165, 1.54) is 11.1 Å². The molecule has 0 radical (unpaired) electrons. The van der Waals surface area contributed by atoms with Gasteiger partial charge in [-0.3, -0.25) is 0 Å². The minimum absolute atomic E-state index is 0.218. The quantitative estimate of drug-likeness (QED) is 0.644. The van der Waals surface area contributed by atoms with E-state index in [9.17, 15) is 0 Å². The van der Waals surface area contributed by atoms with Gasteiger partial charge in [0.05, 0.1) is 0 Å². The van der Waals surface area contributed by atoms with Gasteiger partial charge in [0.1, 0.15) is 0 Å². The smallest absolute Gasteiger partial charge is 0.0348 e. The summed E-state index contributed by atoms with van der Waals surface area (Å²) in [7, 11) is 0. The maximum absolute atomic E-state index is 5.94. The first-order valence-corrected chi connectivity index (χ1v) is 5.57. The van der Waals surface area contributed by atoms with Crippen LogP contribution < -0.4 is 0 Å². The average Bonchev–Trinajstić information content (AvgIpc) is 2.02. The molecule has 0 fully saturated rings. The highest BCUT2D eigenvalue weighted by atomic mass is 35.5. The largest absolute Gasteiger partial charge is 0.123 e. The Balaban J connectivity index is 2.79. The van der Waals surface area contributed by atoms with Crippen LogP contribution in [-0.2, 0) is 11.8 Å². The zero-order valence-corrected chi connectivity index (χ0v) is 10.2. The highest BCUT2D eigenvalue weighted by Gasteiger charge is 2.12. The Hall–Kier alpha value is -0.490. The third-order valence-electron chi connectivity index (χ3n) is 2.34. The monoisotopic (exact) mass is 210 g/mol. The topological polar surface area (TPSA) is 0 Å². The Kier molecular flexibility index (Phi) is 3.60. The molecule has 78 valence electrons. The SMILES string of the molecule is CC(Cl)Cc1ccc(C(C)(C)C)cc1. The van der Waals surface area contributed by atoms with Gasteiger partial charge in [0.15, 0.2) is 0 Å². The molecule has 1 aromatic carbocycles. The van der Waals surface area contributed by atoms with Crippen molar-refractivity contribution in [1.82, 2.24) is 0 Å². The first kappa shape index (κ1) is 11.6. The van der Waals surface area contributed by atoms with Gasteiger partial charge in [-0.25, -0.2) is 0 Å². The summed E-state index contributed by atoms with van der Waals surface area (Å²) in [6.45, 7) is 8.71. The average molecular weight is 211 g/mol. The molecule has 0 saturated heterocycles. The molecule has 0 amide bonds. The Morgan fingerprint density at radius 3 is 2.00 bits per heavy atom. The number of benzene rings is 1. The summed E-state index contributed by atoms with van der Waals surface area (Å²) in [6.07, 6.45) is 0.950. The van der Waals surface area contributed by atoms with Gasteiger partial charge >= 0.3 is 0 Å². The number of halogens is 1. The molecule has 1 rings (SSSR count). The summed E-state index contributed by atoms with van der Waals surface area (Å²) in [5, 5.41) is 0.218. The van der Waals surface area contributed by atoms with Gasteiger partial charge < -0.3 is 0 Å². The van der Waals surface area contributed by atoms with Crippen molar-refractivity contribution in [2.45, 2.75) is 44.9 Å². The molecule has 1 atom stereocenters. The molecular formula is C13H19Cl. The van der Waals surface area contributed by atoms with Crippen molar-refractivity contribution in [3.63, 3.8) is 0 Å². The van der Waals surface area contributed by atoms with Crippen molar-refractivity contribution in [1.29, 1.82) is 0 Å². The van der Waals surface area contributed by atoms with Crippen LogP contribution in [0.25, 0.3) is 0 Å². The van der Waals surface area contributed by atoms with E-state index in [1.54, 1.807) is 0 Å². The molecule has 0 bridgehead atoms.